The Morgan fingerprint density at radius 3 is 2.67 bits per heavy atom. The first-order valence-corrected chi connectivity index (χ1v) is 7.91. The number of nitriles is 1. The normalized spacial score (nSPS) is 35.5. The molecule has 21 heavy (non-hydrogen) atoms. The maximum absolute atomic E-state index is 9.36. The smallest absolute Gasteiger partial charge is 0.128 e. The molecule has 3 nitrogen and oxygen atoms in total. The number of hydrogen-bond acceptors (Lipinski definition) is 3. The van der Waals surface area contributed by atoms with E-state index < -0.39 is 0 Å². The van der Waals surface area contributed by atoms with Crippen molar-refractivity contribution in [2.45, 2.75) is 25.3 Å². The van der Waals surface area contributed by atoms with E-state index >= 15 is 0 Å². The van der Waals surface area contributed by atoms with E-state index in [9.17, 15) is 5.26 Å². The van der Waals surface area contributed by atoms with Crippen LogP contribution in [0, 0.1) is 35.0 Å². The molecular weight excluding hydrogens is 258 g/mol. The summed E-state index contributed by atoms with van der Waals surface area (Å²) in [5, 5.41) is 13.9. The first-order chi connectivity index (χ1) is 10.3. The van der Waals surface area contributed by atoms with Crippen LogP contribution in [-0.4, -0.2) is 11.0 Å². The minimum Gasteiger partial charge on any atom is -0.367 e. The highest BCUT2D eigenvalue weighted by Crippen LogP contribution is 2.66. The van der Waals surface area contributed by atoms with Crippen molar-refractivity contribution in [1.29, 1.82) is 5.26 Å². The lowest BCUT2D eigenvalue weighted by atomic mass is 10.0. The average molecular weight is 275 g/mol. The number of pyridine rings is 1. The van der Waals surface area contributed by atoms with E-state index in [2.05, 4.69) is 11.4 Å². The van der Waals surface area contributed by atoms with Crippen molar-refractivity contribution in [3.05, 3.63) is 35.9 Å². The summed E-state index contributed by atoms with van der Waals surface area (Å²) in [6.07, 6.45) is 4.32. The van der Waals surface area contributed by atoms with Crippen LogP contribution in [0.5, 0.6) is 0 Å². The van der Waals surface area contributed by atoms with Crippen molar-refractivity contribution in [1.82, 2.24) is 4.98 Å². The first kappa shape index (κ1) is 11.6. The number of nitrogens with one attached hydrogen (secondary N) is 1. The third kappa shape index (κ3) is 1.56. The zero-order valence-corrected chi connectivity index (χ0v) is 11.8. The van der Waals surface area contributed by atoms with Gasteiger partial charge in [-0.3, -0.25) is 0 Å². The van der Waals surface area contributed by atoms with Gasteiger partial charge in [0.15, 0.2) is 0 Å². The molecule has 3 heteroatoms. The average Bonchev–Trinajstić information content (AvgIpc) is 2.91. The molecule has 4 unspecified atom stereocenters. The molecule has 4 atom stereocenters. The van der Waals surface area contributed by atoms with Gasteiger partial charge in [-0.1, -0.05) is 18.2 Å². The summed E-state index contributed by atoms with van der Waals surface area (Å²) in [5.41, 5.74) is 1.63. The Balaban J connectivity index is 1.48. The quantitative estimate of drug-likeness (QED) is 0.911. The van der Waals surface area contributed by atoms with E-state index in [4.69, 9.17) is 4.98 Å². The van der Waals surface area contributed by atoms with E-state index in [0.717, 1.165) is 46.0 Å². The molecule has 2 aromatic rings. The Morgan fingerprint density at radius 2 is 1.90 bits per heavy atom. The number of hydrogen-bond donors (Lipinski definition) is 1. The summed E-state index contributed by atoms with van der Waals surface area (Å²) in [7, 11) is 0. The zero-order chi connectivity index (χ0) is 14.0. The molecule has 2 bridgehead atoms. The Labute approximate surface area is 124 Å². The number of rotatable bonds is 2. The van der Waals surface area contributed by atoms with Gasteiger partial charge in [-0.15, -0.1) is 0 Å². The lowest BCUT2D eigenvalue weighted by Gasteiger charge is -2.12. The van der Waals surface area contributed by atoms with Crippen LogP contribution >= 0.6 is 0 Å². The fourth-order valence-electron chi connectivity index (χ4n) is 5.03. The maximum atomic E-state index is 9.36. The molecule has 1 aromatic carbocycles. The maximum Gasteiger partial charge on any atom is 0.128 e. The molecular formula is C18H17N3. The molecule has 0 radical (unpaired) electrons. The molecule has 3 fully saturated rings. The van der Waals surface area contributed by atoms with Gasteiger partial charge in [0.1, 0.15) is 5.82 Å². The van der Waals surface area contributed by atoms with Crippen LogP contribution < -0.4 is 5.32 Å². The minimum absolute atomic E-state index is 0.608. The second-order valence-corrected chi connectivity index (χ2v) is 6.84. The fourth-order valence-corrected chi connectivity index (χ4v) is 5.03. The molecule has 3 aliphatic rings. The SMILES string of the molecule is N#Cc1cc(NC2C3C4CCC(C4)C23)nc2ccccc12. The van der Waals surface area contributed by atoms with Crippen LogP contribution in [0.1, 0.15) is 24.8 Å². The molecule has 0 amide bonds. The Bertz CT molecular complexity index is 760. The monoisotopic (exact) mass is 275 g/mol. The standard InChI is InChI=1S/C18H17N3/c19-9-12-8-15(20-14-4-2-1-3-13(12)14)21-18-16-10-5-6-11(7-10)17(16)18/h1-4,8,10-11,16-18H,5-7H2,(H,20,21). The number of nitrogens with zero attached hydrogens (tertiary/aromatic N) is 2. The summed E-state index contributed by atoms with van der Waals surface area (Å²) >= 11 is 0. The summed E-state index contributed by atoms with van der Waals surface area (Å²) in [5.74, 6) is 4.54. The molecule has 5 rings (SSSR count). The van der Waals surface area contributed by atoms with Gasteiger partial charge in [0.05, 0.1) is 17.1 Å². The number of aromatic nitrogens is 1. The van der Waals surface area contributed by atoms with E-state index in [-0.39, 0.29) is 0 Å². The molecule has 3 aliphatic carbocycles. The van der Waals surface area contributed by atoms with Crippen molar-refractivity contribution in [2.24, 2.45) is 23.7 Å². The number of benzene rings is 1. The van der Waals surface area contributed by atoms with Gasteiger partial charge >= 0.3 is 0 Å². The number of fused-ring (bicyclic) bond motifs is 6. The third-order valence-electron chi connectivity index (χ3n) is 5.89. The molecule has 104 valence electrons. The summed E-state index contributed by atoms with van der Waals surface area (Å²) in [4.78, 5) is 4.70. The van der Waals surface area contributed by atoms with Crippen LogP contribution in [0.2, 0.25) is 0 Å². The van der Waals surface area contributed by atoms with Gasteiger partial charge in [0, 0.05) is 11.4 Å². The molecule has 1 N–H and O–H groups in total. The molecule has 0 aliphatic heterocycles. The van der Waals surface area contributed by atoms with Crippen LogP contribution in [0.3, 0.4) is 0 Å². The molecule has 0 saturated heterocycles. The van der Waals surface area contributed by atoms with Gasteiger partial charge in [-0.05, 0) is 55.1 Å². The topological polar surface area (TPSA) is 48.7 Å². The van der Waals surface area contributed by atoms with Crippen molar-refractivity contribution in [3.63, 3.8) is 0 Å². The summed E-state index contributed by atoms with van der Waals surface area (Å²) < 4.78 is 0. The van der Waals surface area contributed by atoms with Crippen molar-refractivity contribution in [3.8, 4) is 6.07 Å². The zero-order valence-electron chi connectivity index (χ0n) is 11.8. The van der Waals surface area contributed by atoms with Gasteiger partial charge < -0.3 is 5.32 Å². The van der Waals surface area contributed by atoms with Crippen LogP contribution in [-0.2, 0) is 0 Å². The summed E-state index contributed by atoms with van der Waals surface area (Å²) in [6.45, 7) is 0. The van der Waals surface area contributed by atoms with Gasteiger partial charge in [-0.2, -0.15) is 5.26 Å². The van der Waals surface area contributed by atoms with E-state index in [0.29, 0.717) is 6.04 Å². The second-order valence-electron chi connectivity index (χ2n) is 6.84. The van der Waals surface area contributed by atoms with E-state index in [1.807, 2.05) is 30.3 Å². The molecule has 3 saturated carbocycles. The number of para-hydroxylation sites is 1. The second kappa shape index (κ2) is 3.98. The van der Waals surface area contributed by atoms with Crippen molar-refractivity contribution < 1.29 is 0 Å². The van der Waals surface area contributed by atoms with Crippen molar-refractivity contribution in [2.75, 3.05) is 5.32 Å². The Kier molecular flexibility index (Phi) is 2.19. The van der Waals surface area contributed by atoms with Crippen LogP contribution in [0.15, 0.2) is 30.3 Å². The van der Waals surface area contributed by atoms with Crippen molar-refractivity contribution >= 4 is 16.7 Å². The predicted octanol–water partition coefficient (Wildman–Crippen LogP) is 3.56. The van der Waals surface area contributed by atoms with Gasteiger partial charge in [0.2, 0.25) is 0 Å². The molecule has 1 aromatic heterocycles. The van der Waals surface area contributed by atoms with Crippen LogP contribution in [0.25, 0.3) is 10.9 Å². The predicted molar refractivity (Wildman–Crippen MR) is 81.7 cm³/mol. The molecule has 0 spiro atoms. The summed E-state index contributed by atoms with van der Waals surface area (Å²) in [6, 6.07) is 12.7. The molecule has 1 heterocycles. The highest BCUT2D eigenvalue weighted by Gasteiger charge is 2.65. The van der Waals surface area contributed by atoms with E-state index in [1.165, 1.54) is 19.3 Å². The lowest BCUT2D eigenvalue weighted by molar-refractivity contribution is 0.456. The fraction of sp³-hybridized carbons (Fsp3) is 0.444. The Morgan fingerprint density at radius 1 is 1.14 bits per heavy atom. The van der Waals surface area contributed by atoms with Gasteiger partial charge in [0.25, 0.3) is 0 Å². The highest BCUT2D eigenvalue weighted by atomic mass is 15.1. The van der Waals surface area contributed by atoms with Gasteiger partial charge in [-0.25, -0.2) is 4.98 Å². The lowest BCUT2D eigenvalue weighted by Crippen LogP contribution is -2.13. The number of anilines is 1. The van der Waals surface area contributed by atoms with Crippen LogP contribution in [0.4, 0.5) is 5.82 Å². The third-order valence-corrected chi connectivity index (χ3v) is 5.89. The highest BCUT2D eigenvalue weighted by molar-refractivity contribution is 5.86. The largest absolute Gasteiger partial charge is 0.367 e. The first-order valence-electron chi connectivity index (χ1n) is 7.91. The Hall–Kier alpha value is -2.08. The minimum atomic E-state index is 0.608. The van der Waals surface area contributed by atoms with E-state index in [1.54, 1.807) is 0 Å².